The molecule has 0 unspecified atom stereocenters. The van der Waals surface area contributed by atoms with Gasteiger partial charge in [-0.1, -0.05) is 6.92 Å². The van der Waals surface area contributed by atoms with Gasteiger partial charge in [0.05, 0.1) is 24.4 Å². The minimum atomic E-state index is -0.913. The molecule has 3 aliphatic heterocycles. The van der Waals surface area contributed by atoms with Crippen LogP contribution in [0.2, 0.25) is 0 Å². The summed E-state index contributed by atoms with van der Waals surface area (Å²) in [5.74, 6) is -0.913. The van der Waals surface area contributed by atoms with Crippen LogP contribution in [0.1, 0.15) is 32.6 Å². The third-order valence-electron chi connectivity index (χ3n) is 3.46. The van der Waals surface area contributed by atoms with Gasteiger partial charge in [0.15, 0.2) is 0 Å². The number of nitrogens with two attached hydrogens (primary N) is 1. The Morgan fingerprint density at radius 2 is 1.57 bits per heavy atom. The van der Waals surface area contributed by atoms with Crippen LogP contribution in [0.4, 0.5) is 0 Å². The van der Waals surface area contributed by atoms with Crippen LogP contribution >= 0.6 is 0 Å². The molecule has 0 aromatic carbocycles. The van der Waals surface area contributed by atoms with E-state index in [-0.39, 0.29) is 6.04 Å². The molecule has 1 saturated carbocycles. The monoisotopic (exact) mass is 199 g/mol. The molecule has 2 N–H and O–H groups in total. The SMILES string of the molecule is CC[C@H](N)C12OC3CC(CC(C3)O1)O2. The Morgan fingerprint density at radius 1 is 1.14 bits per heavy atom. The fourth-order valence-corrected chi connectivity index (χ4v) is 2.75. The fraction of sp³-hybridized carbons (Fsp3) is 1.00. The second-order valence-corrected chi connectivity index (χ2v) is 4.54. The van der Waals surface area contributed by atoms with Gasteiger partial charge in [-0.05, 0) is 6.42 Å². The van der Waals surface area contributed by atoms with Crippen LogP contribution in [0.15, 0.2) is 0 Å². The molecule has 4 fully saturated rings. The minimum absolute atomic E-state index is 0.170. The van der Waals surface area contributed by atoms with Crippen molar-refractivity contribution in [3.05, 3.63) is 0 Å². The summed E-state index contributed by atoms with van der Waals surface area (Å²) in [6.45, 7) is 2.03. The number of hydrogen-bond donors (Lipinski definition) is 1. The van der Waals surface area contributed by atoms with E-state index in [1.807, 2.05) is 6.92 Å². The van der Waals surface area contributed by atoms with Gasteiger partial charge < -0.3 is 19.9 Å². The van der Waals surface area contributed by atoms with Crippen molar-refractivity contribution in [1.29, 1.82) is 0 Å². The zero-order valence-electron chi connectivity index (χ0n) is 8.44. The molecular formula is C10H17NO3. The van der Waals surface area contributed by atoms with Crippen molar-refractivity contribution in [1.82, 2.24) is 0 Å². The quantitative estimate of drug-likeness (QED) is 0.712. The second-order valence-electron chi connectivity index (χ2n) is 4.54. The van der Waals surface area contributed by atoms with E-state index < -0.39 is 5.97 Å². The number of hydrogen-bond acceptors (Lipinski definition) is 4. The van der Waals surface area contributed by atoms with Crippen LogP contribution in [-0.4, -0.2) is 30.3 Å². The minimum Gasteiger partial charge on any atom is -0.323 e. The predicted molar refractivity (Wildman–Crippen MR) is 49.5 cm³/mol. The Labute approximate surface area is 83.7 Å². The Hall–Kier alpha value is -0.160. The lowest BCUT2D eigenvalue weighted by atomic mass is 9.88. The average molecular weight is 199 g/mol. The van der Waals surface area contributed by atoms with Crippen LogP contribution in [0.5, 0.6) is 0 Å². The molecule has 1 atom stereocenters. The van der Waals surface area contributed by atoms with E-state index in [9.17, 15) is 0 Å². The summed E-state index contributed by atoms with van der Waals surface area (Å²) in [6.07, 6.45) is 4.76. The average Bonchev–Trinajstić information content (AvgIpc) is 2.14. The lowest BCUT2D eigenvalue weighted by Gasteiger charge is -2.56. The van der Waals surface area contributed by atoms with Crippen molar-refractivity contribution in [3.8, 4) is 0 Å². The van der Waals surface area contributed by atoms with E-state index in [1.54, 1.807) is 0 Å². The van der Waals surface area contributed by atoms with E-state index in [4.69, 9.17) is 19.9 Å². The number of ether oxygens (including phenoxy) is 3. The van der Waals surface area contributed by atoms with Crippen LogP contribution < -0.4 is 5.73 Å². The summed E-state index contributed by atoms with van der Waals surface area (Å²) in [5, 5.41) is 0. The topological polar surface area (TPSA) is 53.7 Å². The molecule has 3 heterocycles. The molecule has 4 heteroatoms. The van der Waals surface area contributed by atoms with Crippen molar-refractivity contribution in [2.75, 3.05) is 0 Å². The maximum absolute atomic E-state index is 6.00. The fourth-order valence-electron chi connectivity index (χ4n) is 2.75. The first-order valence-electron chi connectivity index (χ1n) is 5.51. The predicted octanol–water partition coefficient (Wildman–Crippen LogP) is 0.744. The maximum Gasteiger partial charge on any atom is 0.299 e. The summed E-state index contributed by atoms with van der Waals surface area (Å²) in [5.41, 5.74) is 6.00. The van der Waals surface area contributed by atoms with Crippen molar-refractivity contribution >= 4 is 0 Å². The summed E-state index contributed by atoms with van der Waals surface area (Å²) in [6, 6.07) is -0.170. The molecular weight excluding hydrogens is 182 g/mol. The van der Waals surface area contributed by atoms with Gasteiger partial charge in [-0.2, -0.15) is 0 Å². The molecule has 4 aliphatic rings. The molecule has 0 spiro atoms. The second kappa shape index (κ2) is 2.92. The van der Waals surface area contributed by atoms with Crippen molar-refractivity contribution in [3.63, 3.8) is 0 Å². The van der Waals surface area contributed by atoms with Crippen LogP contribution in [0.25, 0.3) is 0 Å². The Bertz CT molecular complexity index is 208. The molecule has 0 radical (unpaired) electrons. The van der Waals surface area contributed by atoms with Gasteiger partial charge in [-0.25, -0.2) is 0 Å². The Morgan fingerprint density at radius 3 is 1.93 bits per heavy atom. The van der Waals surface area contributed by atoms with E-state index in [2.05, 4.69) is 0 Å². The molecule has 14 heavy (non-hydrogen) atoms. The highest BCUT2D eigenvalue weighted by atomic mass is 16.9. The molecule has 0 amide bonds. The first kappa shape index (κ1) is 9.09. The Kier molecular flexibility index (Phi) is 1.89. The summed E-state index contributed by atoms with van der Waals surface area (Å²) in [4.78, 5) is 0. The smallest absolute Gasteiger partial charge is 0.299 e. The molecule has 0 aromatic rings. The molecule has 4 nitrogen and oxygen atoms in total. The standard InChI is InChI=1S/C10H17NO3/c1-2-9(11)10-12-6-3-7(13-10)5-8(4-6)14-10/h6-9H,2-5,11H2,1H3/t6?,7?,8?,9-,10?/m0/s1. The van der Waals surface area contributed by atoms with E-state index in [0.29, 0.717) is 18.3 Å². The molecule has 80 valence electrons. The van der Waals surface area contributed by atoms with Gasteiger partial charge >= 0.3 is 0 Å². The van der Waals surface area contributed by atoms with Gasteiger partial charge in [-0.15, -0.1) is 0 Å². The highest BCUT2D eigenvalue weighted by Crippen LogP contribution is 2.46. The van der Waals surface area contributed by atoms with Crippen molar-refractivity contribution in [2.24, 2.45) is 5.73 Å². The van der Waals surface area contributed by atoms with Crippen LogP contribution in [-0.2, 0) is 14.2 Å². The summed E-state index contributed by atoms with van der Waals surface area (Å²) in [7, 11) is 0. The molecule has 3 saturated heterocycles. The van der Waals surface area contributed by atoms with Gasteiger partial charge in [0.1, 0.15) is 0 Å². The van der Waals surface area contributed by atoms with Gasteiger partial charge in [0.25, 0.3) is 5.97 Å². The highest BCUT2D eigenvalue weighted by molar-refractivity contribution is 4.94. The van der Waals surface area contributed by atoms with Gasteiger partial charge in [-0.3, -0.25) is 0 Å². The van der Waals surface area contributed by atoms with Crippen LogP contribution in [0.3, 0.4) is 0 Å². The lowest BCUT2D eigenvalue weighted by molar-refractivity contribution is -0.499. The highest BCUT2D eigenvalue weighted by Gasteiger charge is 2.57. The first-order valence-corrected chi connectivity index (χ1v) is 5.51. The van der Waals surface area contributed by atoms with Crippen LogP contribution in [0, 0.1) is 0 Å². The molecule has 1 aliphatic carbocycles. The first-order chi connectivity index (χ1) is 6.72. The zero-order chi connectivity index (χ0) is 9.76. The van der Waals surface area contributed by atoms with Crippen molar-refractivity contribution in [2.45, 2.75) is 62.9 Å². The molecule has 4 rings (SSSR count). The third-order valence-corrected chi connectivity index (χ3v) is 3.46. The number of rotatable bonds is 2. The molecule has 0 aromatic heterocycles. The Balaban J connectivity index is 1.87. The lowest BCUT2D eigenvalue weighted by Crippen LogP contribution is -2.68. The maximum atomic E-state index is 6.00. The summed E-state index contributed by atoms with van der Waals surface area (Å²) >= 11 is 0. The summed E-state index contributed by atoms with van der Waals surface area (Å²) < 4.78 is 17.4. The van der Waals surface area contributed by atoms with E-state index in [0.717, 1.165) is 25.7 Å². The van der Waals surface area contributed by atoms with Crippen molar-refractivity contribution < 1.29 is 14.2 Å². The largest absolute Gasteiger partial charge is 0.323 e. The van der Waals surface area contributed by atoms with E-state index in [1.165, 1.54) is 0 Å². The van der Waals surface area contributed by atoms with Gasteiger partial charge in [0, 0.05) is 19.3 Å². The zero-order valence-corrected chi connectivity index (χ0v) is 8.44. The normalized spacial score (nSPS) is 52.3. The van der Waals surface area contributed by atoms with E-state index >= 15 is 0 Å². The van der Waals surface area contributed by atoms with Gasteiger partial charge in [0.2, 0.25) is 0 Å². The molecule has 4 bridgehead atoms. The third kappa shape index (κ3) is 1.15.